The van der Waals surface area contributed by atoms with Crippen LogP contribution in [0.15, 0.2) is 77.3 Å². The number of halogens is 3. The van der Waals surface area contributed by atoms with Gasteiger partial charge in [-0.05, 0) is 54.1 Å². The van der Waals surface area contributed by atoms with Crippen molar-refractivity contribution in [3.8, 4) is 11.3 Å². The van der Waals surface area contributed by atoms with Crippen LogP contribution >= 0.6 is 27.5 Å². The Morgan fingerprint density at radius 2 is 1.63 bits per heavy atom. The number of anilines is 1. The molecule has 4 nitrogen and oxygen atoms in total. The summed E-state index contributed by atoms with van der Waals surface area (Å²) in [4.78, 5) is 15.1. The number of benzene rings is 3. The number of nitrogens with zero attached hydrogens (tertiary/aromatic N) is 2. The van der Waals surface area contributed by atoms with Gasteiger partial charge in [0, 0.05) is 26.3 Å². The van der Waals surface area contributed by atoms with Gasteiger partial charge >= 0.3 is 0 Å². The quantitative estimate of drug-likeness (QED) is 0.368. The number of aromatic nitrogens is 2. The highest BCUT2D eigenvalue weighted by atomic mass is 79.9. The smallest absolute Gasteiger partial charge is 0.277 e. The van der Waals surface area contributed by atoms with Crippen LogP contribution in [0.5, 0.6) is 0 Å². The lowest BCUT2D eigenvalue weighted by Gasteiger charge is -2.26. The standard InChI is InChI=1S/C23H14BrClFN3O/c24-15-5-1-13(2-6-15)20-19-21(28-27-20)23(30)29(18-11-7-16(25)8-12-18)22(19)14-3-9-17(26)10-4-14/h1-12,22H,(H,27,28)/t22-/m0/s1. The first-order valence-electron chi connectivity index (χ1n) is 9.22. The van der Waals surface area contributed by atoms with Crippen molar-refractivity contribution in [1.82, 2.24) is 10.2 Å². The van der Waals surface area contributed by atoms with Crippen LogP contribution in [-0.4, -0.2) is 16.1 Å². The van der Waals surface area contributed by atoms with Crippen molar-refractivity contribution in [1.29, 1.82) is 0 Å². The van der Waals surface area contributed by atoms with Crippen LogP contribution in [0.3, 0.4) is 0 Å². The molecule has 0 aliphatic carbocycles. The summed E-state index contributed by atoms with van der Waals surface area (Å²) in [5, 5.41) is 7.94. The van der Waals surface area contributed by atoms with Crippen LogP contribution in [0.4, 0.5) is 10.1 Å². The third-order valence-corrected chi connectivity index (χ3v) is 5.96. The van der Waals surface area contributed by atoms with E-state index in [-0.39, 0.29) is 11.7 Å². The number of hydrogen-bond donors (Lipinski definition) is 1. The van der Waals surface area contributed by atoms with Crippen LogP contribution < -0.4 is 4.90 Å². The maximum Gasteiger partial charge on any atom is 0.277 e. The van der Waals surface area contributed by atoms with Crippen LogP contribution in [0.1, 0.15) is 27.7 Å². The lowest BCUT2D eigenvalue weighted by Crippen LogP contribution is -2.29. The average molecular weight is 483 g/mol. The van der Waals surface area contributed by atoms with E-state index in [9.17, 15) is 9.18 Å². The van der Waals surface area contributed by atoms with Crippen molar-refractivity contribution in [3.05, 3.63) is 105 Å². The molecule has 0 saturated heterocycles. The van der Waals surface area contributed by atoms with Crippen LogP contribution in [0.25, 0.3) is 11.3 Å². The van der Waals surface area contributed by atoms with Crippen LogP contribution in [0.2, 0.25) is 5.02 Å². The second kappa shape index (κ2) is 7.38. The van der Waals surface area contributed by atoms with Gasteiger partial charge in [-0.3, -0.25) is 14.8 Å². The highest BCUT2D eigenvalue weighted by molar-refractivity contribution is 9.10. The van der Waals surface area contributed by atoms with Crippen LogP contribution in [0, 0.1) is 5.82 Å². The average Bonchev–Trinajstić information content (AvgIpc) is 3.29. The monoisotopic (exact) mass is 481 g/mol. The minimum atomic E-state index is -0.452. The Kier molecular flexibility index (Phi) is 4.68. The van der Waals surface area contributed by atoms with E-state index in [0.29, 0.717) is 22.1 Å². The third-order valence-electron chi connectivity index (χ3n) is 5.18. The lowest BCUT2D eigenvalue weighted by atomic mass is 9.96. The van der Waals surface area contributed by atoms with Gasteiger partial charge in [-0.25, -0.2) is 4.39 Å². The molecular weight excluding hydrogens is 469 g/mol. The Hall–Kier alpha value is -2.96. The third kappa shape index (κ3) is 3.13. The maximum atomic E-state index is 13.6. The zero-order valence-corrected chi connectivity index (χ0v) is 17.8. The zero-order valence-electron chi connectivity index (χ0n) is 15.4. The van der Waals surface area contributed by atoms with Gasteiger partial charge in [0.05, 0.1) is 11.7 Å². The van der Waals surface area contributed by atoms with E-state index in [4.69, 9.17) is 11.6 Å². The van der Waals surface area contributed by atoms with E-state index in [1.54, 1.807) is 41.3 Å². The molecule has 1 aliphatic heterocycles. The molecule has 5 rings (SSSR count). The fraction of sp³-hybridized carbons (Fsp3) is 0.0435. The van der Waals surface area contributed by atoms with Gasteiger partial charge in [0.1, 0.15) is 11.5 Å². The summed E-state index contributed by atoms with van der Waals surface area (Å²) in [6.45, 7) is 0. The Morgan fingerprint density at radius 3 is 2.30 bits per heavy atom. The first-order valence-corrected chi connectivity index (χ1v) is 10.4. The summed E-state index contributed by atoms with van der Waals surface area (Å²) in [6, 6.07) is 20.6. The van der Waals surface area contributed by atoms with Crippen molar-refractivity contribution in [2.75, 3.05) is 4.90 Å². The number of aromatic amines is 1. The number of rotatable bonds is 3. The summed E-state index contributed by atoms with van der Waals surface area (Å²) in [5.74, 6) is -0.529. The number of carbonyl (C=O) groups is 1. The van der Waals surface area contributed by atoms with Gasteiger partial charge in [-0.15, -0.1) is 0 Å². The lowest BCUT2D eigenvalue weighted by molar-refractivity contribution is 0.0989. The summed E-state index contributed by atoms with van der Waals surface area (Å²) in [6.07, 6.45) is 0. The molecule has 0 radical (unpaired) electrons. The van der Waals surface area contributed by atoms with E-state index < -0.39 is 6.04 Å². The fourth-order valence-corrected chi connectivity index (χ4v) is 4.19. The van der Waals surface area contributed by atoms with E-state index in [0.717, 1.165) is 21.2 Å². The maximum absolute atomic E-state index is 13.6. The summed E-state index contributed by atoms with van der Waals surface area (Å²) in [7, 11) is 0. The van der Waals surface area contributed by atoms with Crippen molar-refractivity contribution < 1.29 is 9.18 Å². The highest BCUT2D eigenvalue weighted by Crippen LogP contribution is 2.45. The molecule has 0 spiro atoms. The molecule has 0 bridgehead atoms. The van der Waals surface area contributed by atoms with Crippen molar-refractivity contribution in [2.24, 2.45) is 0 Å². The van der Waals surface area contributed by atoms with Gasteiger partial charge in [0.15, 0.2) is 0 Å². The van der Waals surface area contributed by atoms with E-state index in [1.165, 1.54) is 12.1 Å². The van der Waals surface area contributed by atoms with Crippen molar-refractivity contribution in [2.45, 2.75) is 6.04 Å². The second-order valence-electron chi connectivity index (χ2n) is 6.97. The molecule has 1 aromatic heterocycles. The molecule has 4 aromatic rings. The van der Waals surface area contributed by atoms with Gasteiger partial charge < -0.3 is 0 Å². The second-order valence-corrected chi connectivity index (χ2v) is 8.33. The van der Waals surface area contributed by atoms with Gasteiger partial charge in [0.25, 0.3) is 5.91 Å². The molecular formula is C23H14BrClFN3O. The summed E-state index contributed by atoms with van der Waals surface area (Å²) < 4.78 is 14.6. The van der Waals surface area contributed by atoms with Crippen molar-refractivity contribution in [3.63, 3.8) is 0 Å². The van der Waals surface area contributed by atoms with Gasteiger partial charge in [-0.1, -0.05) is 51.8 Å². The first-order chi connectivity index (χ1) is 14.5. The van der Waals surface area contributed by atoms with Gasteiger partial charge in [0.2, 0.25) is 0 Å². The molecule has 7 heteroatoms. The number of H-pyrrole nitrogens is 1. The first kappa shape index (κ1) is 19.0. The topological polar surface area (TPSA) is 49.0 Å². The Balaban J connectivity index is 1.71. The number of carbonyl (C=O) groups excluding carboxylic acids is 1. The van der Waals surface area contributed by atoms with E-state index in [1.807, 2.05) is 24.3 Å². The molecule has 2 heterocycles. The molecule has 0 saturated carbocycles. The highest BCUT2D eigenvalue weighted by Gasteiger charge is 2.43. The van der Waals surface area contributed by atoms with Gasteiger partial charge in [-0.2, -0.15) is 5.10 Å². The number of fused-ring (bicyclic) bond motifs is 1. The minimum Gasteiger partial charge on any atom is -0.295 e. The predicted octanol–water partition coefficient (Wildman–Crippen LogP) is 6.38. The summed E-state index contributed by atoms with van der Waals surface area (Å²) in [5.41, 5.74) is 4.26. The molecule has 3 aromatic carbocycles. The number of hydrogen-bond acceptors (Lipinski definition) is 2. The predicted molar refractivity (Wildman–Crippen MR) is 118 cm³/mol. The zero-order chi connectivity index (χ0) is 20.8. The largest absolute Gasteiger partial charge is 0.295 e. The molecule has 30 heavy (non-hydrogen) atoms. The molecule has 1 N–H and O–H groups in total. The Labute approximate surface area is 185 Å². The number of nitrogens with one attached hydrogen (secondary N) is 1. The molecule has 0 fully saturated rings. The molecule has 148 valence electrons. The SMILES string of the molecule is O=C1c2[nH]nc(-c3ccc(Br)cc3)c2[C@H](c2ccc(F)cc2)N1c1ccc(Cl)cc1. The van der Waals surface area contributed by atoms with Crippen LogP contribution in [-0.2, 0) is 0 Å². The number of amides is 1. The van der Waals surface area contributed by atoms with E-state index in [2.05, 4.69) is 26.1 Å². The fourth-order valence-electron chi connectivity index (χ4n) is 3.80. The molecule has 1 amide bonds. The Bertz CT molecular complexity index is 1240. The molecule has 0 unspecified atom stereocenters. The molecule has 1 atom stereocenters. The molecule has 1 aliphatic rings. The van der Waals surface area contributed by atoms with Crippen molar-refractivity contribution >= 4 is 39.1 Å². The Morgan fingerprint density at radius 1 is 0.967 bits per heavy atom. The minimum absolute atomic E-state index is 0.197. The normalized spacial score (nSPS) is 15.5. The van der Waals surface area contributed by atoms with E-state index >= 15 is 0 Å². The summed E-state index contributed by atoms with van der Waals surface area (Å²) >= 11 is 9.49.